The lowest BCUT2D eigenvalue weighted by Gasteiger charge is -2.11. The lowest BCUT2D eigenvalue weighted by molar-refractivity contribution is 0.0950. The van der Waals surface area contributed by atoms with Crippen molar-refractivity contribution in [2.45, 2.75) is 13.0 Å². The molecule has 1 aliphatic carbocycles. The highest BCUT2D eigenvalue weighted by molar-refractivity contribution is 5.98. The smallest absolute Gasteiger partial charge is 0.254 e. The Morgan fingerprint density at radius 1 is 1.32 bits per heavy atom. The summed E-state index contributed by atoms with van der Waals surface area (Å²) in [7, 11) is 1.64. The van der Waals surface area contributed by atoms with Crippen LogP contribution in [-0.4, -0.2) is 10.5 Å². The molecule has 0 spiro atoms. The fraction of sp³-hybridized carbons (Fsp3) is 0.176. The van der Waals surface area contributed by atoms with Crippen LogP contribution in [0.2, 0.25) is 0 Å². The van der Waals surface area contributed by atoms with E-state index in [9.17, 15) is 14.0 Å². The molecule has 1 aromatic heterocycles. The van der Waals surface area contributed by atoms with Gasteiger partial charge < -0.3 is 9.88 Å². The van der Waals surface area contributed by atoms with E-state index in [2.05, 4.69) is 5.32 Å². The van der Waals surface area contributed by atoms with Crippen LogP contribution in [0.4, 0.5) is 4.39 Å². The van der Waals surface area contributed by atoms with Crippen LogP contribution in [0.1, 0.15) is 27.0 Å². The SMILES string of the molecule is Cn1cc(C(=O)NCc2ccc(F)cc2)c2c(c1=O)CC=C2. The van der Waals surface area contributed by atoms with Crippen molar-refractivity contribution in [3.8, 4) is 0 Å². The molecule has 22 heavy (non-hydrogen) atoms. The molecule has 1 N–H and O–H groups in total. The maximum Gasteiger partial charge on any atom is 0.254 e. The molecule has 2 aromatic rings. The lowest BCUT2D eigenvalue weighted by atomic mass is 10.1. The number of aromatic nitrogens is 1. The molecule has 0 atom stereocenters. The Morgan fingerprint density at radius 3 is 2.77 bits per heavy atom. The van der Waals surface area contributed by atoms with E-state index in [-0.39, 0.29) is 17.3 Å². The van der Waals surface area contributed by atoms with Gasteiger partial charge in [-0.05, 0) is 29.7 Å². The van der Waals surface area contributed by atoms with Crippen LogP contribution in [0.15, 0.2) is 41.3 Å². The van der Waals surface area contributed by atoms with Crippen molar-refractivity contribution in [1.29, 1.82) is 0 Å². The van der Waals surface area contributed by atoms with Gasteiger partial charge in [0, 0.05) is 25.4 Å². The molecule has 3 rings (SSSR count). The van der Waals surface area contributed by atoms with Crippen LogP contribution in [0, 0.1) is 5.82 Å². The van der Waals surface area contributed by atoms with Gasteiger partial charge in [-0.1, -0.05) is 24.3 Å². The number of nitrogens with one attached hydrogen (secondary N) is 1. The summed E-state index contributed by atoms with van der Waals surface area (Å²) >= 11 is 0. The minimum absolute atomic E-state index is 0.0740. The summed E-state index contributed by atoms with van der Waals surface area (Å²) in [4.78, 5) is 24.4. The molecule has 112 valence electrons. The van der Waals surface area contributed by atoms with Crippen LogP contribution < -0.4 is 10.9 Å². The fourth-order valence-corrected chi connectivity index (χ4v) is 2.56. The van der Waals surface area contributed by atoms with Crippen molar-refractivity contribution in [2.75, 3.05) is 0 Å². The Morgan fingerprint density at radius 2 is 2.05 bits per heavy atom. The van der Waals surface area contributed by atoms with E-state index in [4.69, 9.17) is 0 Å². The Labute approximate surface area is 126 Å². The molecular weight excluding hydrogens is 283 g/mol. The molecule has 1 aromatic carbocycles. The predicted octanol–water partition coefficient (Wildman–Crippen LogP) is 2.02. The number of nitrogens with zero attached hydrogens (tertiary/aromatic N) is 1. The second kappa shape index (κ2) is 5.60. The molecular formula is C17H15FN2O2. The van der Waals surface area contributed by atoms with Gasteiger partial charge in [0.2, 0.25) is 0 Å². The lowest BCUT2D eigenvalue weighted by Crippen LogP contribution is -2.28. The Bertz CT molecular complexity index is 820. The maximum atomic E-state index is 12.9. The van der Waals surface area contributed by atoms with Crippen molar-refractivity contribution >= 4 is 12.0 Å². The van der Waals surface area contributed by atoms with Gasteiger partial charge >= 0.3 is 0 Å². The third kappa shape index (κ3) is 2.57. The number of aryl methyl sites for hydroxylation is 1. The number of pyridine rings is 1. The number of amides is 1. The molecule has 0 aliphatic heterocycles. The van der Waals surface area contributed by atoms with E-state index >= 15 is 0 Å². The summed E-state index contributed by atoms with van der Waals surface area (Å²) in [6.45, 7) is 0.306. The van der Waals surface area contributed by atoms with Crippen LogP contribution in [0.25, 0.3) is 6.08 Å². The topological polar surface area (TPSA) is 51.1 Å². The highest BCUT2D eigenvalue weighted by Gasteiger charge is 2.19. The van der Waals surface area contributed by atoms with Crippen LogP contribution in [0.5, 0.6) is 0 Å². The zero-order valence-corrected chi connectivity index (χ0v) is 12.1. The molecule has 0 saturated carbocycles. The van der Waals surface area contributed by atoms with E-state index in [1.165, 1.54) is 16.7 Å². The van der Waals surface area contributed by atoms with Gasteiger partial charge in [-0.2, -0.15) is 0 Å². The summed E-state index contributed by atoms with van der Waals surface area (Å²) in [6.07, 6.45) is 5.80. The van der Waals surface area contributed by atoms with E-state index in [1.54, 1.807) is 25.4 Å². The number of carbonyl (C=O) groups excluding carboxylic acids is 1. The highest BCUT2D eigenvalue weighted by Crippen LogP contribution is 2.20. The molecule has 0 unspecified atom stereocenters. The number of hydrogen-bond donors (Lipinski definition) is 1. The largest absolute Gasteiger partial charge is 0.348 e. The Balaban J connectivity index is 1.83. The summed E-state index contributed by atoms with van der Waals surface area (Å²) < 4.78 is 14.3. The summed E-state index contributed by atoms with van der Waals surface area (Å²) in [6, 6.07) is 5.96. The van der Waals surface area contributed by atoms with Crippen LogP contribution in [-0.2, 0) is 20.0 Å². The standard InChI is InChI=1S/C17H15FN2O2/c1-20-10-15(13-3-2-4-14(13)17(20)22)16(21)19-9-11-5-7-12(18)8-6-11/h2-3,5-8,10H,4,9H2,1H3,(H,19,21). The second-order valence-corrected chi connectivity index (χ2v) is 5.27. The number of carbonyl (C=O) groups is 1. The number of rotatable bonds is 3. The first-order valence-electron chi connectivity index (χ1n) is 6.98. The summed E-state index contributed by atoms with van der Waals surface area (Å²) in [5.41, 5.74) is 2.56. The van der Waals surface area contributed by atoms with Crippen molar-refractivity contribution in [3.63, 3.8) is 0 Å². The molecule has 0 saturated heterocycles. The molecule has 5 heteroatoms. The minimum Gasteiger partial charge on any atom is -0.348 e. The number of hydrogen-bond acceptors (Lipinski definition) is 2. The van der Waals surface area contributed by atoms with E-state index in [0.717, 1.165) is 5.56 Å². The molecule has 1 aliphatic rings. The van der Waals surface area contributed by atoms with Gasteiger partial charge in [-0.15, -0.1) is 0 Å². The van der Waals surface area contributed by atoms with Crippen molar-refractivity contribution in [2.24, 2.45) is 7.05 Å². The van der Waals surface area contributed by atoms with Gasteiger partial charge in [0.05, 0.1) is 5.56 Å². The van der Waals surface area contributed by atoms with Crippen LogP contribution in [0.3, 0.4) is 0 Å². The Hall–Kier alpha value is -2.69. The number of halogens is 1. The first kappa shape index (κ1) is 14.3. The first-order chi connectivity index (χ1) is 10.6. The quantitative estimate of drug-likeness (QED) is 0.942. The third-order valence-electron chi connectivity index (χ3n) is 3.73. The summed E-state index contributed by atoms with van der Waals surface area (Å²) in [5, 5.41) is 2.80. The molecule has 1 amide bonds. The molecule has 0 bridgehead atoms. The van der Waals surface area contributed by atoms with Gasteiger partial charge in [0.15, 0.2) is 0 Å². The van der Waals surface area contributed by atoms with E-state index in [0.29, 0.717) is 29.7 Å². The molecule has 0 fully saturated rings. The van der Waals surface area contributed by atoms with Crippen LogP contribution >= 0.6 is 0 Å². The highest BCUT2D eigenvalue weighted by atomic mass is 19.1. The Kier molecular flexibility index (Phi) is 3.63. The number of fused-ring (bicyclic) bond motifs is 1. The molecule has 1 heterocycles. The number of benzene rings is 1. The monoisotopic (exact) mass is 298 g/mol. The van der Waals surface area contributed by atoms with Gasteiger partial charge in [0.25, 0.3) is 11.5 Å². The molecule has 4 nitrogen and oxygen atoms in total. The van der Waals surface area contributed by atoms with Gasteiger partial charge in [0.1, 0.15) is 5.82 Å². The first-order valence-corrected chi connectivity index (χ1v) is 6.98. The molecule has 0 radical (unpaired) electrons. The van der Waals surface area contributed by atoms with E-state index in [1.807, 2.05) is 12.2 Å². The third-order valence-corrected chi connectivity index (χ3v) is 3.73. The maximum absolute atomic E-state index is 12.9. The second-order valence-electron chi connectivity index (χ2n) is 5.27. The van der Waals surface area contributed by atoms with Gasteiger partial charge in [-0.25, -0.2) is 4.39 Å². The minimum atomic E-state index is -0.309. The fourth-order valence-electron chi connectivity index (χ4n) is 2.56. The number of allylic oxidation sites excluding steroid dienone is 1. The summed E-state index contributed by atoms with van der Waals surface area (Å²) in [5.74, 6) is -0.557. The van der Waals surface area contributed by atoms with E-state index < -0.39 is 0 Å². The zero-order chi connectivity index (χ0) is 15.7. The van der Waals surface area contributed by atoms with Gasteiger partial charge in [-0.3, -0.25) is 9.59 Å². The average Bonchev–Trinajstić information content (AvgIpc) is 3.00. The predicted molar refractivity (Wildman–Crippen MR) is 82.0 cm³/mol. The zero-order valence-electron chi connectivity index (χ0n) is 12.1. The average molecular weight is 298 g/mol. The normalized spacial score (nSPS) is 12.3. The van der Waals surface area contributed by atoms with Crippen molar-refractivity contribution in [3.05, 3.63) is 75.0 Å². The van der Waals surface area contributed by atoms with Crippen molar-refractivity contribution < 1.29 is 9.18 Å². The van der Waals surface area contributed by atoms with Crippen molar-refractivity contribution in [1.82, 2.24) is 9.88 Å².